The van der Waals surface area contributed by atoms with Crippen molar-refractivity contribution in [3.63, 3.8) is 0 Å². The van der Waals surface area contributed by atoms with Crippen LogP contribution in [0.15, 0.2) is 42.5 Å². The van der Waals surface area contributed by atoms with Gasteiger partial charge in [0.1, 0.15) is 5.82 Å². The van der Waals surface area contributed by atoms with Gasteiger partial charge in [-0.25, -0.2) is 14.0 Å². The maximum atomic E-state index is 14.0. The first-order chi connectivity index (χ1) is 13.4. The lowest BCUT2D eigenvalue weighted by Gasteiger charge is -2.16. The van der Waals surface area contributed by atoms with Crippen molar-refractivity contribution in [3.05, 3.63) is 65.0 Å². The van der Waals surface area contributed by atoms with E-state index in [4.69, 9.17) is 5.11 Å². The minimum atomic E-state index is -1.27. The van der Waals surface area contributed by atoms with E-state index in [0.717, 1.165) is 43.6 Å². The van der Waals surface area contributed by atoms with Gasteiger partial charge in [-0.05, 0) is 48.7 Å². The molecular formula is C20H20FN3O4. The van der Waals surface area contributed by atoms with Gasteiger partial charge < -0.3 is 20.6 Å². The summed E-state index contributed by atoms with van der Waals surface area (Å²) in [7, 11) is 0. The lowest BCUT2D eigenvalue weighted by Crippen LogP contribution is -2.32. The molecule has 1 aliphatic heterocycles. The van der Waals surface area contributed by atoms with Gasteiger partial charge in [0.15, 0.2) is 0 Å². The number of benzene rings is 2. The van der Waals surface area contributed by atoms with Crippen molar-refractivity contribution in [2.45, 2.75) is 19.4 Å². The van der Waals surface area contributed by atoms with E-state index in [0.29, 0.717) is 5.69 Å². The molecule has 0 atom stereocenters. The molecule has 0 unspecified atom stereocenters. The number of carbonyl (C=O) groups excluding carboxylic acids is 2. The number of urea groups is 1. The van der Waals surface area contributed by atoms with E-state index in [2.05, 4.69) is 10.6 Å². The van der Waals surface area contributed by atoms with Crippen LogP contribution in [0, 0.1) is 5.82 Å². The minimum Gasteiger partial charge on any atom is -0.478 e. The van der Waals surface area contributed by atoms with Crippen LogP contribution in [0.1, 0.15) is 39.1 Å². The highest BCUT2D eigenvalue weighted by Gasteiger charge is 2.18. The summed E-state index contributed by atoms with van der Waals surface area (Å²) in [6, 6.07) is 9.99. The van der Waals surface area contributed by atoms with Crippen LogP contribution in [0.4, 0.5) is 14.9 Å². The second-order valence-corrected chi connectivity index (χ2v) is 6.51. The maximum absolute atomic E-state index is 14.0. The number of hydrogen-bond acceptors (Lipinski definition) is 3. The topological polar surface area (TPSA) is 98.7 Å². The standard InChI is InChI=1S/C20H20FN3O4/c21-17-11-14(19(26)27)6-7-16(17)18(25)22-12-13-4-3-5-15(10-13)23-20(28)24-8-1-2-9-24/h3-7,10-11H,1-2,8-9,12H2,(H,22,25)(H,23,28)(H,26,27). The molecule has 0 bridgehead atoms. The number of amides is 3. The second kappa shape index (κ2) is 8.51. The third-order valence-corrected chi connectivity index (χ3v) is 4.49. The molecule has 3 amide bonds. The van der Waals surface area contributed by atoms with Gasteiger partial charge in [0, 0.05) is 25.3 Å². The van der Waals surface area contributed by atoms with E-state index in [1.54, 1.807) is 29.2 Å². The predicted molar refractivity (Wildman–Crippen MR) is 101 cm³/mol. The van der Waals surface area contributed by atoms with Gasteiger partial charge in [-0.2, -0.15) is 0 Å². The molecule has 2 aromatic rings. The Morgan fingerprint density at radius 3 is 2.50 bits per heavy atom. The molecule has 0 saturated carbocycles. The lowest BCUT2D eigenvalue weighted by atomic mass is 10.1. The van der Waals surface area contributed by atoms with Crippen LogP contribution in [0.3, 0.4) is 0 Å². The molecule has 7 nitrogen and oxygen atoms in total. The Morgan fingerprint density at radius 2 is 1.82 bits per heavy atom. The number of nitrogens with one attached hydrogen (secondary N) is 2. The third-order valence-electron chi connectivity index (χ3n) is 4.49. The van der Waals surface area contributed by atoms with E-state index in [-0.39, 0.29) is 23.7 Å². The number of carboxylic acids is 1. The molecule has 1 aliphatic rings. The first-order valence-electron chi connectivity index (χ1n) is 8.90. The molecule has 1 fully saturated rings. The Hall–Kier alpha value is -3.42. The second-order valence-electron chi connectivity index (χ2n) is 6.51. The van der Waals surface area contributed by atoms with Crippen LogP contribution in [-0.2, 0) is 6.54 Å². The van der Waals surface area contributed by atoms with E-state index in [9.17, 15) is 18.8 Å². The van der Waals surface area contributed by atoms with Crippen molar-refractivity contribution in [2.24, 2.45) is 0 Å². The highest BCUT2D eigenvalue weighted by molar-refractivity contribution is 5.96. The van der Waals surface area contributed by atoms with Gasteiger partial charge >= 0.3 is 12.0 Å². The molecule has 3 N–H and O–H groups in total. The molecule has 28 heavy (non-hydrogen) atoms. The summed E-state index contributed by atoms with van der Waals surface area (Å²) in [4.78, 5) is 36.9. The average molecular weight is 385 g/mol. The Kier molecular flexibility index (Phi) is 5.88. The zero-order chi connectivity index (χ0) is 20.1. The largest absolute Gasteiger partial charge is 0.478 e. The van der Waals surface area contributed by atoms with E-state index in [1.807, 2.05) is 0 Å². The van der Waals surface area contributed by atoms with E-state index >= 15 is 0 Å². The molecule has 8 heteroatoms. The number of halogens is 1. The average Bonchev–Trinajstić information content (AvgIpc) is 3.21. The minimum absolute atomic E-state index is 0.131. The summed E-state index contributed by atoms with van der Waals surface area (Å²) in [5.41, 5.74) is 0.884. The van der Waals surface area contributed by atoms with Gasteiger partial charge in [0.2, 0.25) is 0 Å². The maximum Gasteiger partial charge on any atom is 0.335 e. The van der Waals surface area contributed by atoms with Crippen LogP contribution in [0.2, 0.25) is 0 Å². The smallest absolute Gasteiger partial charge is 0.335 e. The van der Waals surface area contributed by atoms with Gasteiger partial charge in [-0.3, -0.25) is 4.79 Å². The van der Waals surface area contributed by atoms with E-state index in [1.165, 1.54) is 6.07 Å². The van der Waals surface area contributed by atoms with Crippen molar-refractivity contribution >= 4 is 23.6 Å². The molecule has 2 aromatic carbocycles. The SMILES string of the molecule is O=C(O)c1ccc(C(=O)NCc2cccc(NC(=O)N3CCCC3)c2)c(F)c1. The van der Waals surface area contributed by atoms with Crippen molar-refractivity contribution in [3.8, 4) is 0 Å². The molecule has 146 valence electrons. The highest BCUT2D eigenvalue weighted by Crippen LogP contribution is 2.15. The van der Waals surface area contributed by atoms with Crippen LogP contribution in [-0.4, -0.2) is 41.0 Å². The molecular weight excluding hydrogens is 365 g/mol. The molecule has 1 saturated heterocycles. The van der Waals surface area contributed by atoms with Crippen molar-refractivity contribution in [1.82, 2.24) is 10.2 Å². The first kappa shape index (κ1) is 19.3. The third kappa shape index (κ3) is 4.64. The number of nitrogens with zero attached hydrogens (tertiary/aromatic N) is 1. The molecule has 3 rings (SSSR count). The van der Waals surface area contributed by atoms with E-state index < -0.39 is 17.7 Å². The first-order valence-corrected chi connectivity index (χ1v) is 8.90. The Bertz CT molecular complexity index is 910. The van der Waals surface area contributed by atoms with Crippen molar-refractivity contribution < 1.29 is 23.9 Å². The number of aromatic carboxylic acids is 1. The van der Waals surface area contributed by atoms with Crippen LogP contribution in [0.5, 0.6) is 0 Å². The number of rotatable bonds is 5. The number of anilines is 1. The quantitative estimate of drug-likeness (QED) is 0.737. The van der Waals surface area contributed by atoms with Crippen LogP contribution >= 0.6 is 0 Å². The normalized spacial score (nSPS) is 13.2. The number of carboxylic acid groups (broad SMARTS) is 1. The summed E-state index contributed by atoms with van der Waals surface area (Å²) >= 11 is 0. The summed E-state index contributed by atoms with van der Waals surface area (Å²) in [5, 5.41) is 14.3. The molecule has 0 radical (unpaired) electrons. The number of hydrogen-bond donors (Lipinski definition) is 3. The number of likely N-dealkylation sites (tertiary alicyclic amines) is 1. The zero-order valence-corrected chi connectivity index (χ0v) is 15.1. The zero-order valence-electron chi connectivity index (χ0n) is 15.1. The predicted octanol–water partition coefficient (Wildman–Crippen LogP) is 3.08. The van der Waals surface area contributed by atoms with Crippen molar-refractivity contribution in [2.75, 3.05) is 18.4 Å². The summed E-state index contributed by atoms with van der Waals surface area (Å²) in [6.45, 7) is 1.62. The van der Waals surface area contributed by atoms with Gasteiger partial charge in [0.05, 0.1) is 11.1 Å². The Morgan fingerprint density at radius 1 is 1.07 bits per heavy atom. The van der Waals surface area contributed by atoms with Gasteiger partial charge in [0.25, 0.3) is 5.91 Å². The highest BCUT2D eigenvalue weighted by atomic mass is 19.1. The van der Waals surface area contributed by atoms with Crippen LogP contribution < -0.4 is 10.6 Å². The van der Waals surface area contributed by atoms with Crippen LogP contribution in [0.25, 0.3) is 0 Å². The molecule has 0 aliphatic carbocycles. The lowest BCUT2D eigenvalue weighted by molar-refractivity contribution is 0.0695. The molecule has 0 aromatic heterocycles. The van der Waals surface area contributed by atoms with Gasteiger partial charge in [-0.15, -0.1) is 0 Å². The monoisotopic (exact) mass is 385 g/mol. The fourth-order valence-corrected chi connectivity index (χ4v) is 2.99. The summed E-state index contributed by atoms with van der Waals surface area (Å²) in [5.74, 6) is -2.82. The van der Waals surface area contributed by atoms with Crippen molar-refractivity contribution in [1.29, 1.82) is 0 Å². The summed E-state index contributed by atoms with van der Waals surface area (Å²) in [6.07, 6.45) is 2.01. The number of carbonyl (C=O) groups is 3. The fraction of sp³-hybridized carbons (Fsp3) is 0.250. The molecule has 1 heterocycles. The fourth-order valence-electron chi connectivity index (χ4n) is 2.99. The molecule has 0 spiro atoms. The summed E-state index contributed by atoms with van der Waals surface area (Å²) < 4.78 is 14.0. The Balaban J connectivity index is 1.60. The van der Waals surface area contributed by atoms with Gasteiger partial charge in [-0.1, -0.05) is 12.1 Å². The Labute approximate surface area is 161 Å².